The summed E-state index contributed by atoms with van der Waals surface area (Å²) >= 11 is 0. The van der Waals surface area contributed by atoms with Crippen molar-refractivity contribution in [3.8, 4) is 11.5 Å². The van der Waals surface area contributed by atoms with E-state index < -0.39 is 10.0 Å². The quantitative estimate of drug-likeness (QED) is 0.718. The Bertz CT molecular complexity index is 1080. The summed E-state index contributed by atoms with van der Waals surface area (Å²) in [6, 6.07) is 13.0. The van der Waals surface area contributed by atoms with Gasteiger partial charge in [-0.3, -0.25) is 4.79 Å². The lowest BCUT2D eigenvalue weighted by molar-refractivity contribution is -0.127. The maximum absolute atomic E-state index is 13.3. The number of rotatable bonds is 6. The molecule has 8 heteroatoms. The Balaban J connectivity index is 1.42. The van der Waals surface area contributed by atoms with Crippen molar-refractivity contribution < 1.29 is 22.7 Å². The van der Waals surface area contributed by atoms with Gasteiger partial charge in [-0.25, -0.2) is 8.42 Å². The van der Waals surface area contributed by atoms with Crippen molar-refractivity contribution >= 4 is 15.9 Å². The SMILES string of the molecule is COc1ccc(OC)c(S(=O)(=O)N2CCC(C(=O)N[C@H]3CCCc4ccccc43)CC2)c1. The van der Waals surface area contributed by atoms with Crippen molar-refractivity contribution in [3.05, 3.63) is 53.6 Å². The molecule has 2 aliphatic rings. The van der Waals surface area contributed by atoms with Gasteiger partial charge in [0, 0.05) is 25.1 Å². The molecule has 0 aromatic heterocycles. The summed E-state index contributed by atoms with van der Waals surface area (Å²) < 4.78 is 38.4. The summed E-state index contributed by atoms with van der Waals surface area (Å²) in [7, 11) is -0.819. The van der Waals surface area contributed by atoms with E-state index in [0.29, 0.717) is 31.7 Å². The molecule has 1 saturated heterocycles. The summed E-state index contributed by atoms with van der Waals surface area (Å²) in [4.78, 5) is 13.1. The van der Waals surface area contributed by atoms with E-state index in [4.69, 9.17) is 9.47 Å². The number of nitrogens with zero attached hydrogens (tertiary/aromatic N) is 1. The van der Waals surface area contributed by atoms with E-state index in [-0.39, 0.29) is 28.5 Å². The number of benzene rings is 2. The number of aryl methyl sites for hydroxylation is 1. The molecular formula is C24H30N2O5S. The molecule has 1 fully saturated rings. The topological polar surface area (TPSA) is 84.9 Å². The maximum atomic E-state index is 13.3. The average Bonchev–Trinajstić information content (AvgIpc) is 2.84. The summed E-state index contributed by atoms with van der Waals surface area (Å²) in [5.41, 5.74) is 2.51. The van der Waals surface area contributed by atoms with Crippen molar-refractivity contribution in [3.63, 3.8) is 0 Å². The summed E-state index contributed by atoms with van der Waals surface area (Å²) in [5, 5.41) is 3.22. The number of methoxy groups -OCH3 is 2. The van der Waals surface area contributed by atoms with E-state index in [1.54, 1.807) is 12.1 Å². The van der Waals surface area contributed by atoms with Crippen LogP contribution in [-0.4, -0.2) is 45.9 Å². The number of carbonyl (C=O) groups excluding carboxylic acids is 1. The standard InChI is InChI=1S/C24H30N2O5S/c1-30-19-10-11-22(31-2)23(16-19)32(28,29)26-14-12-18(13-15-26)24(27)25-21-9-5-7-17-6-3-4-8-20(17)21/h3-4,6,8,10-11,16,18,21H,5,7,9,12-15H2,1-2H3,(H,25,27)/t21-/m0/s1. The van der Waals surface area contributed by atoms with Crippen LogP contribution in [0, 0.1) is 5.92 Å². The highest BCUT2D eigenvalue weighted by Gasteiger charge is 2.35. The zero-order valence-electron chi connectivity index (χ0n) is 18.5. The fourth-order valence-electron chi connectivity index (χ4n) is 4.68. The molecule has 0 saturated carbocycles. The van der Waals surface area contributed by atoms with Gasteiger partial charge >= 0.3 is 0 Å². The Morgan fingerprint density at radius 3 is 2.50 bits per heavy atom. The molecular weight excluding hydrogens is 428 g/mol. The van der Waals surface area contributed by atoms with Gasteiger partial charge in [-0.05, 0) is 55.4 Å². The largest absolute Gasteiger partial charge is 0.497 e. The fourth-order valence-corrected chi connectivity index (χ4v) is 6.32. The second-order valence-corrected chi connectivity index (χ2v) is 10.3. The minimum absolute atomic E-state index is 0.0164. The monoisotopic (exact) mass is 458 g/mol. The highest BCUT2D eigenvalue weighted by molar-refractivity contribution is 7.89. The molecule has 0 bridgehead atoms. The van der Waals surface area contributed by atoms with Crippen molar-refractivity contribution in [1.29, 1.82) is 0 Å². The predicted molar refractivity (Wildman–Crippen MR) is 121 cm³/mol. The Labute approximate surface area is 189 Å². The number of amides is 1. The molecule has 1 amide bonds. The third-order valence-electron chi connectivity index (χ3n) is 6.50. The molecule has 2 aromatic rings. The molecule has 1 atom stereocenters. The lowest BCUT2D eigenvalue weighted by atomic mass is 9.87. The molecule has 1 aliphatic heterocycles. The van der Waals surface area contributed by atoms with Gasteiger partial charge in [0.25, 0.3) is 0 Å². The van der Waals surface area contributed by atoms with Crippen LogP contribution in [0.15, 0.2) is 47.4 Å². The first kappa shape index (κ1) is 22.6. The minimum atomic E-state index is -3.76. The van der Waals surface area contributed by atoms with Gasteiger partial charge in [0.1, 0.15) is 16.4 Å². The lowest BCUT2D eigenvalue weighted by Gasteiger charge is -2.33. The van der Waals surface area contributed by atoms with Crippen LogP contribution in [0.4, 0.5) is 0 Å². The van der Waals surface area contributed by atoms with Gasteiger partial charge < -0.3 is 14.8 Å². The lowest BCUT2D eigenvalue weighted by Crippen LogP contribution is -2.44. The fraction of sp³-hybridized carbons (Fsp3) is 0.458. The van der Waals surface area contributed by atoms with Crippen molar-refractivity contribution in [2.45, 2.75) is 43.0 Å². The number of fused-ring (bicyclic) bond motifs is 1. The minimum Gasteiger partial charge on any atom is -0.497 e. The molecule has 4 rings (SSSR count). The van der Waals surface area contributed by atoms with E-state index in [1.807, 2.05) is 12.1 Å². The molecule has 7 nitrogen and oxygen atoms in total. The molecule has 1 heterocycles. The van der Waals surface area contributed by atoms with Gasteiger partial charge in [0.05, 0.1) is 20.3 Å². The van der Waals surface area contributed by atoms with Crippen LogP contribution in [0.2, 0.25) is 0 Å². The Kier molecular flexibility index (Phi) is 6.71. The van der Waals surface area contributed by atoms with Crippen LogP contribution in [-0.2, 0) is 21.2 Å². The number of hydrogen-bond acceptors (Lipinski definition) is 5. The first-order chi connectivity index (χ1) is 15.4. The molecule has 0 spiro atoms. The molecule has 0 radical (unpaired) electrons. The van der Waals surface area contributed by atoms with Crippen molar-refractivity contribution in [2.75, 3.05) is 27.3 Å². The van der Waals surface area contributed by atoms with Gasteiger partial charge in [0.2, 0.25) is 15.9 Å². The molecule has 32 heavy (non-hydrogen) atoms. The van der Waals surface area contributed by atoms with Crippen molar-refractivity contribution in [2.24, 2.45) is 5.92 Å². The third kappa shape index (κ3) is 4.47. The highest BCUT2D eigenvalue weighted by atomic mass is 32.2. The predicted octanol–water partition coefficient (Wildman–Crippen LogP) is 3.30. The van der Waals surface area contributed by atoms with E-state index >= 15 is 0 Å². The van der Waals surface area contributed by atoms with Crippen LogP contribution in [0.5, 0.6) is 11.5 Å². The first-order valence-corrected chi connectivity index (χ1v) is 12.5. The average molecular weight is 459 g/mol. The normalized spacial score (nSPS) is 19.8. The van der Waals surface area contributed by atoms with E-state index in [2.05, 4.69) is 17.4 Å². The zero-order chi connectivity index (χ0) is 22.7. The number of nitrogens with one attached hydrogen (secondary N) is 1. The molecule has 2 aromatic carbocycles. The van der Waals surface area contributed by atoms with Gasteiger partial charge in [0.15, 0.2) is 0 Å². The van der Waals surface area contributed by atoms with Crippen LogP contribution < -0.4 is 14.8 Å². The Morgan fingerprint density at radius 1 is 1.03 bits per heavy atom. The number of carbonyl (C=O) groups is 1. The number of piperidine rings is 1. The van der Waals surface area contributed by atoms with Crippen molar-refractivity contribution in [1.82, 2.24) is 9.62 Å². The summed E-state index contributed by atoms with van der Waals surface area (Å²) in [5.74, 6) is 0.554. The van der Waals surface area contributed by atoms with Crippen LogP contribution in [0.3, 0.4) is 0 Å². The van der Waals surface area contributed by atoms with E-state index in [1.165, 1.54) is 35.7 Å². The zero-order valence-corrected chi connectivity index (χ0v) is 19.4. The highest BCUT2D eigenvalue weighted by Crippen LogP contribution is 2.34. The Morgan fingerprint density at radius 2 is 1.78 bits per heavy atom. The molecule has 1 N–H and O–H groups in total. The summed E-state index contributed by atoms with van der Waals surface area (Å²) in [6.07, 6.45) is 4.02. The maximum Gasteiger partial charge on any atom is 0.246 e. The van der Waals surface area contributed by atoms with Gasteiger partial charge in [-0.1, -0.05) is 24.3 Å². The molecule has 1 aliphatic carbocycles. The summed E-state index contributed by atoms with van der Waals surface area (Å²) in [6.45, 7) is 0.587. The third-order valence-corrected chi connectivity index (χ3v) is 8.42. The second kappa shape index (κ2) is 9.50. The van der Waals surface area contributed by atoms with Gasteiger partial charge in [-0.2, -0.15) is 4.31 Å². The van der Waals surface area contributed by atoms with Crippen LogP contribution in [0.1, 0.15) is 42.9 Å². The first-order valence-electron chi connectivity index (χ1n) is 11.0. The van der Waals surface area contributed by atoms with Crippen LogP contribution >= 0.6 is 0 Å². The smallest absolute Gasteiger partial charge is 0.246 e. The van der Waals surface area contributed by atoms with Gasteiger partial charge in [-0.15, -0.1) is 0 Å². The second-order valence-electron chi connectivity index (χ2n) is 8.35. The number of sulfonamides is 1. The Hall–Kier alpha value is -2.58. The van der Waals surface area contributed by atoms with E-state index in [0.717, 1.165) is 19.3 Å². The number of ether oxygens (including phenoxy) is 2. The molecule has 172 valence electrons. The number of hydrogen-bond donors (Lipinski definition) is 1. The van der Waals surface area contributed by atoms with E-state index in [9.17, 15) is 13.2 Å². The van der Waals surface area contributed by atoms with Crippen LogP contribution in [0.25, 0.3) is 0 Å². The molecule has 0 unspecified atom stereocenters.